The van der Waals surface area contributed by atoms with Crippen LogP contribution in [0.3, 0.4) is 0 Å². The van der Waals surface area contributed by atoms with Crippen molar-refractivity contribution in [2.45, 2.75) is 50.5 Å². The number of aryl methyl sites for hydroxylation is 2. The first-order chi connectivity index (χ1) is 17.7. The zero-order valence-electron chi connectivity index (χ0n) is 20.6. The number of amides is 3. The first-order valence-corrected chi connectivity index (χ1v) is 14.8. The number of urea groups is 1. The number of carbonyl (C=O) groups is 2. The molecule has 5 rings (SSSR count). The SMILES string of the molecule is NC(=O)N1CCC(CC(=O)N2CCC(C3(O)c4ncc(Br)cc4CCc4cc(Cl)cc(Br)c43)CC2)CC1. The van der Waals surface area contributed by atoms with Gasteiger partial charge in [0.15, 0.2) is 0 Å². The molecular formula is C27H31Br2ClN4O3. The molecule has 2 aliphatic heterocycles. The van der Waals surface area contributed by atoms with Crippen molar-refractivity contribution in [2.24, 2.45) is 17.6 Å². The van der Waals surface area contributed by atoms with Crippen LogP contribution in [0.1, 0.15) is 54.5 Å². The summed E-state index contributed by atoms with van der Waals surface area (Å²) in [5.74, 6) is 0.325. The van der Waals surface area contributed by atoms with Gasteiger partial charge >= 0.3 is 6.03 Å². The number of likely N-dealkylation sites (tertiary alicyclic amines) is 2. The molecule has 3 amide bonds. The van der Waals surface area contributed by atoms with Crippen LogP contribution in [-0.2, 0) is 23.2 Å². The van der Waals surface area contributed by atoms with Crippen molar-refractivity contribution in [1.82, 2.24) is 14.8 Å². The fourth-order valence-electron chi connectivity index (χ4n) is 6.33. The number of hydrogen-bond donors (Lipinski definition) is 2. The van der Waals surface area contributed by atoms with Crippen LogP contribution < -0.4 is 5.73 Å². The maximum atomic E-state index is 13.1. The molecule has 198 valence electrons. The first kappa shape index (κ1) is 26.9. The number of aliphatic hydroxyl groups is 1. The van der Waals surface area contributed by atoms with Crippen LogP contribution in [0.25, 0.3) is 0 Å². The van der Waals surface area contributed by atoms with Gasteiger partial charge in [0.2, 0.25) is 5.91 Å². The third-order valence-electron chi connectivity index (χ3n) is 8.30. The monoisotopic (exact) mass is 652 g/mol. The summed E-state index contributed by atoms with van der Waals surface area (Å²) in [6.07, 6.45) is 6.71. The lowest BCUT2D eigenvalue weighted by Crippen LogP contribution is -2.47. The van der Waals surface area contributed by atoms with Crippen molar-refractivity contribution in [3.8, 4) is 0 Å². The summed E-state index contributed by atoms with van der Waals surface area (Å²) >= 11 is 13.6. The molecule has 1 unspecified atom stereocenters. The Labute approximate surface area is 239 Å². The van der Waals surface area contributed by atoms with Gasteiger partial charge in [-0.3, -0.25) is 9.78 Å². The third-order valence-corrected chi connectivity index (χ3v) is 9.58. The quantitative estimate of drug-likeness (QED) is 0.486. The fourth-order valence-corrected chi connectivity index (χ4v) is 7.89. The smallest absolute Gasteiger partial charge is 0.314 e. The molecule has 1 aromatic heterocycles. The number of aromatic nitrogens is 1. The van der Waals surface area contributed by atoms with Crippen LogP contribution >= 0.6 is 43.5 Å². The standard InChI is InChI=1S/C27H31Br2ClN4O3/c28-20-12-18-2-1-17-13-21(30)14-22(29)24(17)27(37,25(18)32-15-20)19-5-9-33(10-6-19)23(35)11-16-3-7-34(8-4-16)26(31)36/h12-16,19,37H,1-11H2,(H2,31,36). The molecule has 10 heteroatoms. The van der Waals surface area contributed by atoms with E-state index < -0.39 is 5.60 Å². The number of benzene rings is 1. The molecule has 0 spiro atoms. The van der Waals surface area contributed by atoms with Gasteiger partial charge in [-0.25, -0.2) is 4.79 Å². The lowest BCUT2D eigenvalue weighted by Gasteiger charge is -2.43. The predicted octanol–water partition coefficient (Wildman–Crippen LogP) is 5.01. The summed E-state index contributed by atoms with van der Waals surface area (Å²) in [7, 11) is 0. The number of nitrogens with two attached hydrogens (primary N) is 1. The minimum atomic E-state index is -1.29. The molecular weight excluding hydrogens is 624 g/mol. The molecule has 2 saturated heterocycles. The molecule has 2 aromatic rings. The minimum Gasteiger partial charge on any atom is -0.378 e. The second-order valence-electron chi connectivity index (χ2n) is 10.5. The van der Waals surface area contributed by atoms with Crippen molar-refractivity contribution >= 4 is 55.4 Å². The van der Waals surface area contributed by atoms with Gasteiger partial charge in [-0.2, -0.15) is 0 Å². The van der Waals surface area contributed by atoms with E-state index in [4.69, 9.17) is 22.3 Å². The topological polar surface area (TPSA) is 99.8 Å². The molecule has 1 atom stereocenters. The lowest BCUT2D eigenvalue weighted by molar-refractivity contribution is -0.135. The number of fused-ring (bicyclic) bond motifs is 2. The average Bonchev–Trinajstić information content (AvgIpc) is 2.99. The first-order valence-electron chi connectivity index (χ1n) is 12.8. The molecule has 1 aliphatic carbocycles. The van der Waals surface area contributed by atoms with Crippen molar-refractivity contribution in [3.63, 3.8) is 0 Å². The molecule has 37 heavy (non-hydrogen) atoms. The third kappa shape index (κ3) is 5.29. The molecule has 7 nitrogen and oxygen atoms in total. The van der Waals surface area contributed by atoms with Gasteiger partial charge < -0.3 is 20.6 Å². The van der Waals surface area contributed by atoms with E-state index in [0.717, 1.165) is 51.3 Å². The maximum Gasteiger partial charge on any atom is 0.314 e. The van der Waals surface area contributed by atoms with Crippen LogP contribution in [0, 0.1) is 11.8 Å². The molecule has 0 bridgehead atoms. The minimum absolute atomic E-state index is 0.0999. The number of piperidine rings is 2. The van der Waals surface area contributed by atoms with Crippen LogP contribution in [0.4, 0.5) is 4.79 Å². The Morgan fingerprint density at radius 2 is 1.68 bits per heavy atom. The van der Waals surface area contributed by atoms with Crippen molar-refractivity contribution < 1.29 is 14.7 Å². The van der Waals surface area contributed by atoms with Crippen LogP contribution in [0.15, 0.2) is 33.3 Å². The van der Waals surface area contributed by atoms with E-state index in [-0.39, 0.29) is 23.8 Å². The average molecular weight is 655 g/mol. The van der Waals surface area contributed by atoms with E-state index in [2.05, 4.69) is 37.9 Å². The Bertz CT molecular complexity index is 1210. The Morgan fingerprint density at radius 3 is 2.35 bits per heavy atom. The van der Waals surface area contributed by atoms with Gasteiger partial charge in [-0.15, -0.1) is 0 Å². The van der Waals surface area contributed by atoms with E-state index in [0.29, 0.717) is 56.2 Å². The molecule has 3 aliphatic rings. The number of hydrogen-bond acceptors (Lipinski definition) is 4. The number of primary amides is 1. The lowest BCUT2D eigenvalue weighted by atomic mass is 9.72. The Balaban J connectivity index is 1.35. The summed E-state index contributed by atoms with van der Waals surface area (Å²) in [6.45, 7) is 2.42. The van der Waals surface area contributed by atoms with Crippen LogP contribution in [-0.4, -0.2) is 58.0 Å². The van der Waals surface area contributed by atoms with Crippen LogP contribution in [0.5, 0.6) is 0 Å². The molecule has 0 radical (unpaired) electrons. The van der Waals surface area contributed by atoms with Gasteiger partial charge in [-0.1, -0.05) is 27.5 Å². The number of carbonyl (C=O) groups excluding carboxylic acids is 2. The highest BCUT2D eigenvalue weighted by Crippen LogP contribution is 2.49. The van der Waals surface area contributed by atoms with Gasteiger partial charge in [-0.05, 0) is 89.7 Å². The molecule has 3 N–H and O–H groups in total. The number of nitrogens with zero attached hydrogens (tertiary/aromatic N) is 3. The summed E-state index contributed by atoms with van der Waals surface area (Å²) in [4.78, 5) is 32.9. The van der Waals surface area contributed by atoms with Gasteiger partial charge in [0.1, 0.15) is 5.60 Å². The number of halogens is 3. The zero-order chi connectivity index (χ0) is 26.3. The molecule has 1 aromatic carbocycles. The highest BCUT2D eigenvalue weighted by molar-refractivity contribution is 9.10. The van der Waals surface area contributed by atoms with Crippen molar-refractivity contribution in [2.75, 3.05) is 26.2 Å². The van der Waals surface area contributed by atoms with Gasteiger partial charge in [0, 0.05) is 64.2 Å². The summed E-state index contributed by atoms with van der Waals surface area (Å²) < 4.78 is 1.68. The predicted molar refractivity (Wildman–Crippen MR) is 149 cm³/mol. The number of rotatable bonds is 3. The highest BCUT2D eigenvalue weighted by atomic mass is 79.9. The Morgan fingerprint density at radius 1 is 1.03 bits per heavy atom. The number of pyridine rings is 1. The van der Waals surface area contributed by atoms with E-state index in [1.807, 2.05) is 17.0 Å². The highest BCUT2D eigenvalue weighted by Gasteiger charge is 2.48. The van der Waals surface area contributed by atoms with Crippen LogP contribution in [0.2, 0.25) is 5.02 Å². The Kier molecular flexibility index (Phi) is 7.87. The summed E-state index contributed by atoms with van der Waals surface area (Å²) in [5, 5.41) is 13.2. The van der Waals surface area contributed by atoms with Crippen molar-refractivity contribution in [3.05, 3.63) is 60.7 Å². The van der Waals surface area contributed by atoms with Gasteiger partial charge in [0.05, 0.1) is 5.69 Å². The largest absolute Gasteiger partial charge is 0.378 e. The van der Waals surface area contributed by atoms with Gasteiger partial charge in [0.25, 0.3) is 0 Å². The fraction of sp³-hybridized carbons (Fsp3) is 0.519. The summed E-state index contributed by atoms with van der Waals surface area (Å²) in [6, 6.07) is 5.46. The molecule has 2 fully saturated rings. The van der Waals surface area contributed by atoms with Crippen molar-refractivity contribution in [1.29, 1.82) is 0 Å². The molecule has 3 heterocycles. The van der Waals surface area contributed by atoms with E-state index >= 15 is 0 Å². The maximum absolute atomic E-state index is 13.1. The summed E-state index contributed by atoms with van der Waals surface area (Å²) in [5.41, 5.74) is 7.69. The van der Waals surface area contributed by atoms with E-state index in [9.17, 15) is 14.7 Å². The second-order valence-corrected chi connectivity index (χ2v) is 12.7. The van der Waals surface area contributed by atoms with E-state index in [1.165, 1.54) is 0 Å². The Hall–Kier alpha value is -1.68. The zero-order valence-corrected chi connectivity index (χ0v) is 24.5. The normalized spacial score (nSPS) is 22.8. The van der Waals surface area contributed by atoms with E-state index in [1.54, 1.807) is 11.1 Å². The second kappa shape index (κ2) is 10.8. The molecule has 0 saturated carbocycles.